The number of hydrogen-bond acceptors (Lipinski definition) is 7. The summed E-state index contributed by atoms with van der Waals surface area (Å²) >= 11 is 0. The normalized spacial score (nSPS) is 10.9. The van der Waals surface area contributed by atoms with Crippen molar-refractivity contribution in [3.63, 3.8) is 0 Å². The van der Waals surface area contributed by atoms with Crippen molar-refractivity contribution in [2.24, 2.45) is 0 Å². The maximum Gasteiger partial charge on any atom is 0.322 e. The van der Waals surface area contributed by atoms with E-state index in [0.29, 0.717) is 11.3 Å². The Morgan fingerprint density at radius 2 is 1.72 bits per heavy atom. The van der Waals surface area contributed by atoms with Gasteiger partial charge in [-0.3, -0.25) is 20.1 Å². The third-order valence-electron chi connectivity index (χ3n) is 4.30. The molecular formula is C21H13N5O3. The van der Waals surface area contributed by atoms with E-state index in [0.717, 1.165) is 22.2 Å². The second kappa shape index (κ2) is 7.01. The molecule has 0 saturated heterocycles. The van der Waals surface area contributed by atoms with Crippen molar-refractivity contribution in [3.8, 4) is 22.8 Å². The molecule has 0 aliphatic rings. The summed E-state index contributed by atoms with van der Waals surface area (Å²) in [5.74, 6) is 0.262. The van der Waals surface area contributed by atoms with Crippen LogP contribution in [-0.2, 0) is 0 Å². The molecule has 0 atom stereocenters. The number of rotatable bonds is 4. The van der Waals surface area contributed by atoms with Gasteiger partial charge in [-0.2, -0.15) is 0 Å². The van der Waals surface area contributed by atoms with Crippen molar-refractivity contribution < 1.29 is 13.6 Å². The van der Waals surface area contributed by atoms with Crippen molar-refractivity contribution in [2.75, 3.05) is 5.32 Å². The van der Waals surface area contributed by atoms with Crippen molar-refractivity contribution in [1.82, 2.24) is 20.2 Å². The minimum atomic E-state index is -0.359. The Morgan fingerprint density at radius 1 is 0.862 bits per heavy atom. The molecular weight excluding hydrogens is 370 g/mol. The van der Waals surface area contributed by atoms with Crippen LogP contribution in [0.5, 0.6) is 0 Å². The summed E-state index contributed by atoms with van der Waals surface area (Å²) in [5.41, 5.74) is 3.88. The lowest BCUT2D eigenvalue weighted by Gasteiger charge is -2.06. The Kier molecular flexibility index (Phi) is 4.06. The fourth-order valence-electron chi connectivity index (χ4n) is 2.93. The van der Waals surface area contributed by atoms with Gasteiger partial charge in [-0.05, 0) is 47.5 Å². The van der Waals surface area contributed by atoms with Gasteiger partial charge in [0.15, 0.2) is 5.76 Å². The molecule has 0 aliphatic heterocycles. The van der Waals surface area contributed by atoms with Gasteiger partial charge < -0.3 is 8.83 Å². The van der Waals surface area contributed by atoms with Crippen molar-refractivity contribution in [2.45, 2.75) is 0 Å². The Balaban J connectivity index is 1.39. The summed E-state index contributed by atoms with van der Waals surface area (Å²) < 4.78 is 10.6. The fourth-order valence-corrected chi connectivity index (χ4v) is 2.93. The van der Waals surface area contributed by atoms with Crippen molar-refractivity contribution in [3.05, 3.63) is 78.8 Å². The Bertz CT molecular complexity index is 1310. The molecule has 0 spiro atoms. The van der Waals surface area contributed by atoms with E-state index in [4.69, 9.17) is 8.83 Å². The highest BCUT2D eigenvalue weighted by atomic mass is 16.4. The predicted octanol–water partition coefficient (Wildman–Crippen LogP) is 4.19. The first-order valence-corrected chi connectivity index (χ1v) is 8.76. The number of hydrogen-bond donors (Lipinski definition) is 1. The standard InChI is InChI=1S/C21H13N5O3/c27-19(24-21-26-25-20(29-21)18-5-2-10-28-18)15-4-1-3-13(11-15)14-6-7-16-17(12-14)23-9-8-22-16/h1-12H,(H,24,26,27). The van der Waals surface area contributed by atoms with Gasteiger partial charge in [-0.1, -0.05) is 23.3 Å². The van der Waals surface area contributed by atoms with Crippen LogP contribution in [0.1, 0.15) is 10.4 Å². The second-order valence-corrected chi connectivity index (χ2v) is 6.18. The quantitative estimate of drug-likeness (QED) is 0.496. The number of anilines is 1. The Morgan fingerprint density at radius 3 is 2.59 bits per heavy atom. The molecule has 0 unspecified atom stereocenters. The number of fused-ring (bicyclic) bond motifs is 1. The van der Waals surface area contributed by atoms with Gasteiger partial charge in [0.05, 0.1) is 17.3 Å². The molecule has 0 fully saturated rings. The summed E-state index contributed by atoms with van der Waals surface area (Å²) in [6, 6.07) is 16.4. The summed E-state index contributed by atoms with van der Waals surface area (Å²) in [5, 5.41) is 10.3. The second-order valence-electron chi connectivity index (χ2n) is 6.18. The number of aromatic nitrogens is 4. The smallest absolute Gasteiger partial charge is 0.322 e. The first-order valence-electron chi connectivity index (χ1n) is 8.76. The van der Waals surface area contributed by atoms with Gasteiger partial charge in [0.25, 0.3) is 11.8 Å². The molecule has 140 valence electrons. The van der Waals surface area contributed by atoms with E-state index in [1.165, 1.54) is 6.26 Å². The van der Waals surface area contributed by atoms with E-state index in [9.17, 15) is 4.79 Å². The van der Waals surface area contributed by atoms with Gasteiger partial charge in [-0.15, -0.1) is 5.10 Å². The zero-order chi connectivity index (χ0) is 19.6. The minimum absolute atomic E-state index is 0.00668. The molecule has 0 saturated carbocycles. The fraction of sp³-hybridized carbons (Fsp3) is 0. The summed E-state index contributed by atoms with van der Waals surface area (Å²) in [4.78, 5) is 21.2. The van der Waals surface area contributed by atoms with Crippen LogP contribution >= 0.6 is 0 Å². The number of carbonyl (C=O) groups is 1. The lowest BCUT2D eigenvalue weighted by molar-refractivity contribution is 0.102. The van der Waals surface area contributed by atoms with Crippen LogP contribution in [0.3, 0.4) is 0 Å². The van der Waals surface area contributed by atoms with E-state index < -0.39 is 0 Å². The first-order chi connectivity index (χ1) is 14.3. The molecule has 2 aromatic carbocycles. The van der Waals surface area contributed by atoms with E-state index in [1.54, 1.807) is 36.7 Å². The van der Waals surface area contributed by atoms with Gasteiger partial charge in [0, 0.05) is 18.0 Å². The first kappa shape index (κ1) is 16.8. The number of amides is 1. The van der Waals surface area contributed by atoms with Gasteiger partial charge in [0.2, 0.25) is 0 Å². The van der Waals surface area contributed by atoms with Crippen LogP contribution in [0, 0.1) is 0 Å². The number of nitrogens with zero attached hydrogens (tertiary/aromatic N) is 4. The van der Waals surface area contributed by atoms with Gasteiger partial charge in [-0.25, -0.2) is 0 Å². The molecule has 0 aliphatic carbocycles. The molecule has 0 bridgehead atoms. The molecule has 5 aromatic rings. The molecule has 1 N–H and O–H groups in total. The van der Waals surface area contributed by atoms with Crippen LogP contribution in [0.4, 0.5) is 6.01 Å². The number of carbonyl (C=O) groups excluding carboxylic acids is 1. The highest BCUT2D eigenvalue weighted by Crippen LogP contribution is 2.24. The van der Waals surface area contributed by atoms with Crippen LogP contribution in [0.15, 0.2) is 82.1 Å². The van der Waals surface area contributed by atoms with Crippen LogP contribution in [0.25, 0.3) is 33.8 Å². The number of furan rings is 1. The number of nitrogens with one attached hydrogen (secondary N) is 1. The van der Waals surface area contributed by atoms with E-state index in [-0.39, 0.29) is 17.8 Å². The van der Waals surface area contributed by atoms with Crippen LogP contribution in [-0.4, -0.2) is 26.1 Å². The van der Waals surface area contributed by atoms with Crippen molar-refractivity contribution >= 4 is 23.0 Å². The molecule has 3 heterocycles. The van der Waals surface area contributed by atoms with Crippen LogP contribution < -0.4 is 5.32 Å². The summed E-state index contributed by atoms with van der Waals surface area (Å²) in [7, 11) is 0. The van der Waals surface area contributed by atoms with Gasteiger partial charge >= 0.3 is 6.01 Å². The zero-order valence-electron chi connectivity index (χ0n) is 14.9. The maximum atomic E-state index is 12.6. The topological polar surface area (TPSA) is 107 Å². The summed E-state index contributed by atoms with van der Waals surface area (Å²) in [6.07, 6.45) is 4.81. The molecule has 29 heavy (non-hydrogen) atoms. The van der Waals surface area contributed by atoms with Crippen LogP contribution in [0.2, 0.25) is 0 Å². The predicted molar refractivity (Wildman–Crippen MR) is 105 cm³/mol. The third kappa shape index (κ3) is 3.34. The Hall–Kier alpha value is -4.33. The highest BCUT2D eigenvalue weighted by Gasteiger charge is 2.14. The van der Waals surface area contributed by atoms with E-state index >= 15 is 0 Å². The largest absolute Gasteiger partial charge is 0.459 e. The Labute approximate surface area is 164 Å². The summed E-state index contributed by atoms with van der Waals surface area (Å²) in [6.45, 7) is 0. The molecule has 8 heteroatoms. The average Bonchev–Trinajstić information content (AvgIpc) is 3.45. The number of benzene rings is 2. The third-order valence-corrected chi connectivity index (χ3v) is 4.30. The average molecular weight is 383 g/mol. The molecule has 1 amide bonds. The maximum absolute atomic E-state index is 12.6. The minimum Gasteiger partial charge on any atom is -0.459 e. The lowest BCUT2D eigenvalue weighted by atomic mass is 10.0. The van der Waals surface area contributed by atoms with E-state index in [2.05, 4.69) is 25.5 Å². The lowest BCUT2D eigenvalue weighted by Crippen LogP contribution is -2.12. The monoisotopic (exact) mass is 383 g/mol. The zero-order valence-corrected chi connectivity index (χ0v) is 14.9. The molecule has 3 aromatic heterocycles. The van der Waals surface area contributed by atoms with Crippen molar-refractivity contribution in [1.29, 1.82) is 0 Å². The van der Waals surface area contributed by atoms with E-state index in [1.807, 2.05) is 30.3 Å². The van der Waals surface area contributed by atoms with Gasteiger partial charge in [0.1, 0.15) is 0 Å². The highest BCUT2D eigenvalue weighted by molar-refractivity contribution is 6.04. The molecule has 5 rings (SSSR count). The SMILES string of the molecule is O=C(Nc1nnc(-c2ccco2)o1)c1cccc(-c2ccc3nccnc3c2)c1. The molecule has 8 nitrogen and oxygen atoms in total. The molecule has 0 radical (unpaired) electrons.